The molecule has 2 atom stereocenters. The van der Waals surface area contributed by atoms with Gasteiger partial charge < -0.3 is 0 Å². The topological polar surface area (TPSA) is 57.7 Å². The number of carbonyl (C=O) groups excluding carboxylic acids is 1. The maximum absolute atomic E-state index is 13.2. The van der Waals surface area contributed by atoms with Gasteiger partial charge in [0.25, 0.3) is 0 Å². The molecule has 2 aromatic rings. The highest BCUT2D eigenvalue weighted by molar-refractivity contribution is 7.91. The molecule has 2 fully saturated rings. The number of anilines is 2. The summed E-state index contributed by atoms with van der Waals surface area (Å²) in [6.45, 7) is 0. The van der Waals surface area contributed by atoms with Gasteiger partial charge in [0.15, 0.2) is 9.84 Å². The Hall–Kier alpha value is -2.12. The van der Waals surface area contributed by atoms with Crippen LogP contribution in [0.1, 0.15) is 0 Å². The molecule has 0 bridgehead atoms. The summed E-state index contributed by atoms with van der Waals surface area (Å²) in [4.78, 5) is 16.0. The zero-order valence-corrected chi connectivity index (χ0v) is 14.5. The number of hydrogen-bond acceptors (Lipinski definition) is 3. The van der Waals surface area contributed by atoms with E-state index in [1.54, 1.807) is 24.3 Å². The fourth-order valence-electron chi connectivity index (χ4n) is 3.51. The Morgan fingerprint density at radius 1 is 0.880 bits per heavy atom. The van der Waals surface area contributed by atoms with Crippen molar-refractivity contribution in [1.82, 2.24) is 0 Å². The summed E-state index contributed by atoms with van der Waals surface area (Å²) in [6.07, 6.45) is 0. The molecule has 4 rings (SSSR count). The smallest absolute Gasteiger partial charge is 0.288 e. The predicted molar refractivity (Wildman–Crippen MR) is 94.4 cm³/mol. The van der Waals surface area contributed by atoms with E-state index >= 15 is 0 Å². The zero-order valence-electron chi connectivity index (χ0n) is 13.0. The number of nitrogens with zero attached hydrogens (tertiary/aromatic N) is 2. The standard InChI is InChI=1S/C17H14ClFN2O3S/c18-11-1-5-13(6-2-11)20-15-9-25(23,24)10-16(15)21(17(20)22)14-7-3-12(19)4-8-14/h1-8,15-16H,9-10H2/t15-,16-/m0/s1. The van der Waals surface area contributed by atoms with E-state index in [-0.39, 0.29) is 17.5 Å². The first-order chi connectivity index (χ1) is 11.9. The Labute approximate surface area is 149 Å². The first-order valence-electron chi connectivity index (χ1n) is 7.70. The van der Waals surface area contributed by atoms with Crippen molar-refractivity contribution in [1.29, 1.82) is 0 Å². The van der Waals surface area contributed by atoms with Gasteiger partial charge in [0.2, 0.25) is 0 Å². The lowest BCUT2D eigenvalue weighted by molar-refractivity contribution is 0.255. The third-order valence-electron chi connectivity index (χ3n) is 4.58. The molecule has 2 aliphatic rings. The first-order valence-corrected chi connectivity index (χ1v) is 9.90. The second kappa shape index (κ2) is 5.71. The number of benzene rings is 2. The SMILES string of the molecule is O=C1N(c2ccc(F)cc2)[C@H]2CS(=O)(=O)C[C@@H]2N1c1ccc(Cl)cc1. The summed E-state index contributed by atoms with van der Waals surface area (Å²) >= 11 is 5.91. The molecule has 5 nitrogen and oxygen atoms in total. The van der Waals surface area contributed by atoms with Crippen LogP contribution in [0.3, 0.4) is 0 Å². The minimum atomic E-state index is -3.26. The van der Waals surface area contributed by atoms with Gasteiger partial charge in [-0.3, -0.25) is 9.80 Å². The van der Waals surface area contributed by atoms with E-state index in [0.29, 0.717) is 16.4 Å². The summed E-state index contributed by atoms with van der Waals surface area (Å²) in [5, 5.41) is 0.529. The van der Waals surface area contributed by atoms with E-state index in [2.05, 4.69) is 0 Å². The number of fused-ring (bicyclic) bond motifs is 1. The number of carbonyl (C=O) groups is 1. The molecule has 0 aromatic heterocycles. The van der Waals surface area contributed by atoms with Crippen LogP contribution >= 0.6 is 11.6 Å². The minimum Gasteiger partial charge on any atom is -0.288 e. The molecule has 130 valence electrons. The highest BCUT2D eigenvalue weighted by Gasteiger charge is 2.54. The second-order valence-corrected chi connectivity index (χ2v) is 8.78. The molecule has 0 unspecified atom stereocenters. The van der Waals surface area contributed by atoms with Crippen molar-refractivity contribution in [2.75, 3.05) is 21.3 Å². The van der Waals surface area contributed by atoms with Crippen LogP contribution in [0.4, 0.5) is 20.6 Å². The van der Waals surface area contributed by atoms with Crippen molar-refractivity contribution in [3.05, 3.63) is 59.4 Å². The molecule has 0 saturated carbocycles. The highest BCUT2D eigenvalue weighted by Crippen LogP contribution is 2.38. The normalized spacial score (nSPS) is 24.6. The van der Waals surface area contributed by atoms with Gasteiger partial charge in [0.05, 0.1) is 23.6 Å². The quantitative estimate of drug-likeness (QED) is 0.752. The van der Waals surface area contributed by atoms with Crippen LogP contribution in [-0.2, 0) is 9.84 Å². The summed E-state index contributed by atoms with van der Waals surface area (Å²) in [5.41, 5.74) is 1.07. The van der Waals surface area contributed by atoms with Crippen LogP contribution in [0.25, 0.3) is 0 Å². The van der Waals surface area contributed by atoms with Gasteiger partial charge in [-0.15, -0.1) is 0 Å². The van der Waals surface area contributed by atoms with Crippen LogP contribution in [0, 0.1) is 5.82 Å². The monoisotopic (exact) mass is 380 g/mol. The predicted octanol–water partition coefficient (Wildman–Crippen LogP) is 3.09. The number of sulfone groups is 1. The van der Waals surface area contributed by atoms with Gasteiger partial charge in [-0.2, -0.15) is 0 Å². The van der Waals surface area contributed by atoms with Gasteiger partial charge in [0, 0.05) is 16.4 Å². The highest BCUT2D eigenvalue weighted by atomic mass is 35.5. The van der Waals surface area contributed by atoms with Crippen LogP contribution in [0.5, 0.6) is 0 Å². The molecule has 2 aromatic carbocycles. The van der Waals surface area contributed by atoms with E-state index in [1.165, 1.54) is 34.1 Å². The molecule has 0 aliphatic carbocycles. The molecule has 0 spiro atoms. The molecule has 2 heterocycles. The van der Waals surface area contributed by atoms with Gasteiger partial charge in [-0.25, -0.2) is 17.6 Å². The van der Waals surface area contributed by atoms with Crippen LogP contribution in [-0.4, -0.2) is 38.0 Å². The summed E-state index contributed by atoms with van der Waals surface area (Å²) < 4.78 is 37.6. The summed E-state index contributed by atoms with van der Waals surface area (Å²) in [6, 6.07) is 10.9. The molecule has 25 heavy (non-hydrogen) atoms. The van der Waals surface area contributed by atoms with E-state index < -0.39 is 27.7 Å². The van der Waals surface area contributed by atoms with Crippen LogP contribution in [0.2, 0.25) is 5.02 Å². The van der Waals surface area contributed by atoms with Crippen LogP contribution in [0.15, 0.2) is 48.5 Å². The van der Waals surface area contributed by atoms with Crippen molar-refractivity contribution < 1.29 is 17.6 Å². The number of hydrogen-bond donors (Lipinski definition) is 0. The maximum Gasteiger partial charge on any atom is 0.329 e. The fraction of sp³-hybridized carbons (Fsp3) is 0.235. The van der Waals surface area contributed by atoms with Gasteiger partial charge >= 0.3 is 6.03 Å². The third-order valence-corrected chi connectivity index (χ3v) is 6.53. The van der Waals surface area contributed by atoms with Gasteiger partial charge in [-0.05, 0) is 48.5 Å². The minimum absolute atomic E-state index is 0.0935. The molecular weight excluding hydrogens is 367 g/mol. The van der Waals surface area contributed by atoms with Crippen molar-refractivity contribution in [2.24, 2.45) is 0 Å². The van der Waals surface area contributed by atoms with E-state index in [4.69, 9.17) is 11.6 Å². The number of rotatable bonds is 2. The Balaban J connectivity index is 1.79. The molecular formula is C17H14ClFN2O3S. The Kier molecular flexibility index (Phi) is 3.73. The van der Waals surface area contributed by atoms with E-state index in [1.807, 2.05) is 0 Å². The van der Waals surface area contributed by atoms with Crippen LogP contribution < -0.4 is 9.80 Å². The van der Waals surface area contributed by atoms with Crippen molar-refractivity contribution >= 4 is 38.8 Å². The average molecular weight is 381 g/mol. The van der Waals surface area contributed by atoms with Gasteiger partial charge in [0.1, 0.15) is 5.82 Å². The first kappa shape index (κ1) is 16.4. The van der Waals surface area contributed by atoms with Crippen molar-refractivity contribution in [2.45, 2.75) is 12.1 Å². The number of urea groups is 1. The molecule has 0 N–H and O–H groups in total. The molecule has 8 heteroatoms. The summed E-state index contributed by atoms with van der Waals surface area (Å²) in [5.74, 6) is -0.616. The number of halogens is 2. The number of amides is 2. The summed E-state index contributed by atoms with van der Waals surface area (Å²) in [7, 11) is -3.26. The maximum atomic E-state index is 13.2. The lowest BCUT2D eigenvalue weighted by Gasteiger charge is -2.22. The Bertz CT molecular complexity index is 862. The zero-order chi connectivity index (χ0) is 17.8. The fourth-order valence-corrected chi connectivity index (χ4v) is 5.56. The molecule has 2 amide bonds. The van der Waals surface area contributed by atoms with Gasteiger partial charge in [-0.1, -0.05) is 11.6 Å². The largest absolute Gasteiger partial charge is 0.329 e. The Morgan fingerprint density at radius 2 is 1.32 bits per heavy atom. The van der Waals surface area contributed by atoms with E-state index in [9.17, 15) is 17.6 Å². The van der Waals surface area contributed by atoms with Crippen molar-refractivity contribution in [3.63, 3.8) is 0 Å². The van der Waals surface area contributed by atoms with E-state index in [0.717, 1.165) is 0 Å². The Morgan fingerprint density at radius 3 is 1.80 bits per heavy atom. The molecule has 2 aliphatic heterocycles. The second-order valence-electron chi connectivity index (χ2n) is 6.19. The molecule has 2 saturated heterocycles. The molecule has 0 radical (unpaired) electrons. The lowest BCUT2D eigenvalue weighted by atomic mass is 10.1. The third kappa shape index (κ3) is 2.77. The lowest BCUT2D eigenvalue weighted by Crippen LogP contribution is -2.37. The average Bonchev–Trinajstić information content (AvgIpc) is 2.99. The van der Waals surface area contributed by atoms with Crippen molar-refractivity contribution in [3.8, 4) is 0 Å².